The molecule has 2 heterocycles. The zero-order valence-corrected chi connectivity index (χ0v) is 15.3. The number of H-pyrrole nitrogens is 1. The molecule has 0 aliphatic heterocycles. The molecule has 0 aromatic carbocycles. The van der Waals surface area contributed by atoms with Crippen LogP contribution in [0.25, 0.3) is 0 Å². The van der Waals surface area contributed by atoms with Gasteiger partial charge in [0.05, 0.1) is 6.20 Å². The van der Waals surface area contributed by atoms with E-state index in [0.717, 1.165) is 5.56 Å². The SMILES string of the molecule is Cc1cn[nH]c1NC(=O)Nc1ccn(C(C)(C)C(=O)OC(C)(C)C)n1. The summed E-state index contributed by atoms with van der Waals surface area (Å²) in [5, 5.41) is 16.0. The molecule has 3 N–H and O–H groups in total. The number of hydrogen-bond acceptors (Lipinski definition) is 5. The van der Waals surface area contributed by atoms with Gasteiger partial charge >= 0.3 is 12.0 Å². The van der Waals surface area contributed by atoms with Gasteiger partial charge in [0.15, 0.2) is 11.4 Å². The van der Waals surface area contributed by atoms with E-state index in [4.69, 9.17) is 4.74 Å². The van der Waals surface area contributed by atoms with E-state index in [0.29, 0.717) is 11.6 Å². The van der Waals surface area contributed by atoms with Crippen molar-refractivity contribution in [3.8, 4) is 0 Å². The third-order valence-electron chi connectivity index (χ3n) is 3.37. The van der Waals surface area contributed by atoms with Crippen molar-refractivity contribution < 1.29 is 14.3 Å². The van der Waals surface area contributed by atoms with Crippen LogP contribution < -0.4 is 10.6 Å². The first-order valence-corrected chi connectivity index (χ1v) is 7.86. The lowest BCUT2D eigenvalue weighted by Gasteiger charge is -2.28. The summed E-state index contributed by atoms with van der Waals surface area (Å²) in [5.41, 5.74) is -0.791. The van der Waals surface area contributed by atoms with Gasteiger partial charge in [-0.3, -0.25) is 20.4 Å². The van der Waals surface area contributed by atoms with Crippen LogP contribution in [0.4, 0.5) is 16.4 Å². The molecular formula is C16H24N6O3. The van der Waals surface area contributed by atoms with E-state index in [-0.39, 0.29) is 0 Å². The van der Waals surface area contributed by atoms with Gasteiger partial charge in [-0.25, -0.2) is 9.59 Å². The molecule has 0 spiro atoms. The maximum absolute atomic E-state index is 12.4. The van der Waals surface area contributed by atoms with E-state index in [1.807, 2.05) is 6.92 Å². The van der Waals surface area contributed by atoms with Gasteiger partial charge in [0.1, 0.15) is 11.4 Å². The second-order valence-electron chi connectivity index (χ2n) is 7.21. The number of hydrogen-bond donors (Lipinski definition) is 3. The molecule has 136 valence electrons. The first-order chi connectivity index (χ1) is 11.5. The molecule has 0 aliphatic carbocycles. The van der Waals surface area contributed by atoms with Crippen LogP contribution in [-0.2, 0) is 15.1 Å². The van der Waals surface area contributed by atoms with Crippen molar-refractivity contribution in [3.05, 3.63) is 24.0 Å². The van der Waals surface area contributed by atoms with Gasteiger partial charge in [0.25, 0.3) is 0 Å². The molecule has 0 atom stereocenters. The third kappa shape index (κ3) is 4.59. The van der Waals surface area contributed by atoms with Crippen molar-refractivity contribution in [2.75, 3.05) is 10.6 Å². The molecule has 2 aromatic heterocycles. The first-order valence-electron chi connectivity index (χ1n) is 7.86. The van der Waals surface area contributed by atoms with Crippen molar-refractivity contribution >= 4 is 23.6 Å². The minimum Gasteiger partial charge on any atom is -0.458 e. The Labute approximate surface area is 146 Å². The van der Waals surface area contributed by atoms with Gasteiger partial charge in [-0.15, -0.1) is 0 Å². The standard InChI is InChI=1S/C16H24N6O3/c1-10-9-17-20-12(10)19-14(24)18-11-7-8-22(21-11)16(5,6)13(23)25-15(2,3)4/h7-9H,1-6H3,(H3,17,18,19,20,21,24). The molecule has 2 aromatic rings. The molecule has 2 amide bonds. The fourth-order valence-corrected chi connectivity index (χ4v) is 1.93. The van der Waals surface area contributed by atoms with Gasteiger partial charge in [-0.1, -0.05) is 0 Å². The molecule has 0 bridgehead atoms. The van der Waals surface area contributed by atoms with Crippen LogP contribution in [0.15, 0.2) is 18.5 Å². The van der Waals surface area contributed by atoms with Crippen molar-refractivity contribution in [1.82, 2.24) is 20.0 Å². The monoisotopic (exact) mass is 348 g/mol. The molecular weight excluding hydrogens is 324 g/mol. The maximum atomic E-state index is 12.4. The second-order valence-corrected chi connectivity index (χ2v) is 7.21. The molecule has 2 rings (SSSR count). The smallest absolute Gasteiger partial charge is 0.334 e. The summed E-state index contributed by atoms with van der Waals surface area (Å²) in [5.74, 6) is 0.407. The van der Waals surface area contributed by atoms with E-state index < -0.39 is 23.1 Å². The zero-order chi connectivity index (χ0) is 18.8. The minimum atomic E-state index is -1.01. The summed E-state index contributed by atoms with van der Waals surface area (Å²) < 4.78 is 6.88. The Bertz CT molecular complexity index is 769. The molecule has 9 heteroatoms. The average Bonchev–Trinajstić information content (AvgIpc) is 3.07. The quantitative estimate of drug-likeness (QED) is 0.735. The van der Waals surface area contributed by atoms with Gasteiger partial charge in [0.2, 0.25) is 0 Å². The largest absolute Gasteiger partial charge is 0.458 e. The Hall–Kier alpha value is -2.84. The average molecular weight is 348 g/mol. The summed E-state index contributed by atoms with van der Waals surface area (Å²) in [6.45, 7) is 10.6. The number of aromatic amines is 1. The van der Waals surface area contributed by atoms with Crippen LogP contribution in [0, 0.1) is 6.92 Å². The van der Waals surface area contributed by atoms with Crippen molar-refractivity contribution in [2.45, 2.75) is 52.7 Å². The normalized spacial score (nSPS) is 11.9. The molecule has 0 radical (unpaired) electrons. The van der Waals surface area contributed by atoms with Gasteiger partial charge < -0.3 is 4.74 Å². The van der Waals surface area contributed by atoms with E-state index in [1.165, 1.54) is 4.68 Å². The Morgan fingerprint density at radius 3 is 2.44 bits per heavy atom. The van der Waals surface area contributed by atoms with Crippen LogP contribution in [0.1, 0.15) is 40.2 Å². The van der Waals surface area contributed by atoms with Crippen LogP contribution in [0.3, 0.4) is 0 Å². The highest BCUT2D eigenvalue weighted by molar-refractivity contribution is 5.98. The fraction of sp³-hybridized carbons (Fsp3) is 0.500. The topological polar surface area (TPSA) is 114 Å². The fourth-order valence-electron chi connectivity index (χ4n) is 1.93. The number of esters is 1. The van der Waals surface area contributed by atoms with E-state index in [1.54, 1.807) is 53.1 Å². The Morgan fingerprint density at radius 1 is 1.20 bits per heavy atom. The molecule has 0 saturated carbocycles. The highest BCUT2D eigenvalue weighted by Gasteiger charge is 2.35. The molecule has 0 saturated heterocycles. The van der Waals surface area contributed by atoms with Gasteiger partial charge in [-0.2, -0.15) is 10.2 Å². The summed E-state index contributed by atoms with van der Waals surface area (Å²) >= 11 is 0. The van der Waals surface area contributed by atoms with Gasteiger partial charge in [-0.05, 0) is 41.5 Å². The van der Waals surface area contributed by atoms with Crippen molar-refractivity contribution in [2.24, 2.45) is 0 Å². The Balaban J connectivity index is 2.05. The predicted octanol–water partition coefficient (Wildman–Crippen LogP) is 2.64. The number of nitrogens with one attached hydrogen (secondary N) is 3. The number of rotatable bonds is 4. The molecule has 0 unspecified atom stereocenters. The zero-order valence-electron chi connectivity index (χ0n) is 15.3. The number of amides is 2. The Morgan fingerprint density at radius 2 is 1.88 bits per heavy atom. The number of carbonyl (C=O) groups excluding carboxylic acids is 2. The van der Waals surface area contributed by atoms with E-state index in [2.05, 4.69) is 25.9 Å². The van der Waals surface area contributed by atoms with E-state index in [9.17, 15) is 9.59 Å². The number of aromatic nitrogens is 4. The van der Waals surface area contributed by atoms with Crippen LogP contribution in [0.5, 0.6) is 0 Å². The molecule has 25 heavy (non-hydrogen) atoms. The number of anilines is 2. The predicted molar refractivity (Wildman–Crippen MR) is 93.4 cm³/mol. The van der Waals surface area contributed by atoms with Gasteiger partial charge in [0, 0.05) is 17.8 Å². The molecule has 0 fully saturated rings. The third-order valence-corrected chi connectivity index (χ3v) is 3.37. The number of aryl methyl sites for hydroxylation is 1. The number of carbonyl (C=O) groups is 2. The molecule has 0 aliphatic rings. The number of nitrogens with zero attached hydrogens (tertiary/aromatic N) is 3. The summed E-state index contributed by atoms with van der Waals surface area (Å²) in [7, 11) is 0. The van der Waals surface area contributed by atoms with Crippen LogP contribution >= 0.6 is 0 Å². The lowest BCUT2D eigenvalue weighted by molar-refractivity contribution is -0.164. The number of urea groups is 1. The summed E-state index contributed by atoms with van der Waals surface area (Å²) in [6, 6.07) is 1.14. The van der Waals surface area contributed by atoms with Crippen molar-refractivity contribution in [3.63, 3.8) is 0 Å². The number of ether oxygens (including phenoxy) is 1. The summed E-state index contributed by atoms with van der Waals surface area (Å²) in [6.07, 6.45) is 3.22. The second kappa shape index (κ2) is 6.58. The van der Waals surface area contributed by atoms with Crippen molar-refractivity contribution in [1.29, 1.82) is 0 Å². The first kappa shape index (κ1) is 18.5. The lowest BCUT2D eigenvalue weighted by Crippen LogP contribution is -2.41. The highest BCUT2D eigenvalue weighted by Crippen LogP contribution is 2.21. The van der Waals surface area contributed by atoms with E-state index >= 15 is 0 Å². The highest BCUT2D eigenvalue weighted by atomic mass is 16.6. The Kier molecular flexibility index (Phi) is 4.87. The minimum absolute atomic E-state index is 0.311. The lowest BCUT2D eigenvalue weighted by atomic mass is 10.1. The maximum Gasteiger partial charge on any atom is 0.334 e. The summed E-state index contributed by atoms with van der Waals surface area (Å²) in [4.78, 5) is 24.4. The molecule has 9 nitrogen and oxygen atoms in total. The van der Waals surface area contributed by atoms with Crippen LogP contribution in [-0.4, -0.2) is 37.6 Å². The van der Waals surface area contributed by atoms with Crippen LogP contribution in [0.2, 0.25) is 0 Å².